The van der Waals surface area contributed by atoms with Crippen molar-refractivity contribution in [3.8, 4) is 0 Å². The van der Waals surface area contributed by atoms with Crippen molar-refractivity contribution in [1.29, 1.82) is 0 Å². The van der Waals surface area contributed by atoms with E-state index in [1.165, 1.54) is 0 Å². The van der Waals surface area contributed by atoms with E-state index < -0.39 is 12.9 Å². The summed E-state index contributed by atoms with van der Waals surface area (Å²) in [5, 5.41) is 2.86. The van der Waals surface area contributed by atoms with Crippen LogP contribution in [0.4, 0.5) is 0 Å². The van der Waals surface area contributed by atoms with Gasteiger partial charge >= 0.3 is 7.60 Å². The van der Waals surface area contributed by atoms with Gasteiger partial charge in [0.1, 0.15) is 5.28 Å². The van der Waals surface area contributed by atoms with E-state index in [2.05, 4.69) is 26.1 Å². The minimum atomic E-state index is -3.13. The van der Waals surface area contributed by atoms with E-state index in [-0.39, 0.29) is 5.41 Å². The van der Waals surface area contributed by atoms with E-state index in [1.54, 1.807) is 0 Å². The van der Waals surface area contributed by atoms with Gasteiger partial charge in [-0.1, -0.05) is 20.8 Å². The fourth-order valence-corrected chi connectivity index (χ4v) is 5.36. The van der Waals surface area contributed by atoms with Crippen molar-refractivity contribution < 1.29 is 13.6 Å². The summed E-state index contributed by atoms with van der Waals surface area (Å²) in [7, 11) is -3.13. The zero-order valence-electron chi connectivity index (χ0n) is 11.7. The Morgan fingerprint density at radius 2 is 1.76 bits per heavy atom. The Kier molecular flexibility index (Phi) is 4.81. The third-order valence-electron chi connectivity index (χ3n) is 3.44. The molecule has 0 aliphatic carbocycles. The molecule has 17 heavy (non-hydrogen) atoms. The first-order valence-electron chi connectivity index (χ1n) is 6.47. The van der Waals surface area contributed by atoms with Crippen molar-refractivity contribution >= 4 is 7.60 Å². The quantitative estimate of drug-likeness (QED) is 0.772. The number of hydrogen-bond acceptors (Lipinski definition) is 4. The highest BCUT2D eigenvalue weighted by Gasteiger charge is 2.59. The van der Waals surface area contributed by atoms with E-state index >= 15 is 0 Å². The monoisotopic (exact) mass is 263 g/mol. The molecule has 0 saturated carbocycles. The maximum atomic E-state index is 13.1. The first-order valence-corrected chi connectivity index (χ1v) is 8.01. The van der Waals surface area contributed by atoms with E-state index in [9.17, 15) is 4.57 Å². The van der Waals surface area contributed by atoms with Crippen LogP contribution in [0.5, 0.6) is 0 Å². The highest BCUT2D eigenvalue weighted by molar-refractivity contribution is 7.55. The predicted molar refractivity (Wildman–Crippen MR) is 70.3 cm³/mol. The highest BCUT2D eigenvalue weighted by Crippen LogP contribution is 2.67. The lowest BCUT2D eigenvalue weighted by molar-refractivity contribution is 0.141. The Morgan fingerprint density at radius 1 is 1.24 bits per heavy atom. The van der Waals surface area contributed by atoms with Gasteiger partial charge in [-0.3, -0.25) is 4.57 Å². The summed E-state index contributed by atoms with van der Waals surface area (Å²) in [4.78, 5) is 0. The minimum absolute atomic E-state index is 0.163. The van der Waals surface area contributed by atoms with Gasteiger partial charge in [0.2, 0.25) is 0 Å². The Morgan fingerprint density at radius 3 is 2.06 bits per heavy atom. The van der Waals surface area contributed by atoms with Crippen molar-refractivity contribution in [2.24, 2.45) is 5.41 Å². The van der Waals surface area contributed by atoms with Gasteiger partial charge in [0.15, 0.2) is 0 Å². The fourth-order valence-electron chi connectivity index (χ4n) is 2.61. The number of rotatable bonds is 5. The lowest BCUT2D eigenvalue weighted by atomic mass is 9.85. The van der Waals surface area contributed by atoms with E-state index in [0.717, 1.165) is 19.4 Å². The fraction of sp³-hybridized carbons (Fsp3) is 1.00. The summed E-state index contributed by atoms with van der Waals surface area (Å²) in [5.41, 5.74) is -0.163. The molecule has 1 atom stereocenters. The van der Waals surface area contributed by atoms with Crippen LogP contribution >= 0.6 is 7.60 Å². The molecule has 5 heteroatoms. The molecule has 1 unspecified atom stereocenters. The van der Waals surface area contributed by atoms with Gasteiger partial charge in [-0.25, -0.2) is 0 Å². The topological polar surface area (TPSA) is 47.6 Å². The second-order valence-electron chi connectivity index (χ2n) is 5.47. The summed E-state index contributed by atoms with van der Waals surface area (Å²) in [6.07, 6.45) is 1.86. The summed E-state index contributed by atoms with van der Waals surface area (Å²) >= 11 is 0. The van der Waals surface area contributed by atoms with Crippen LogP contribution < -0.4 is 5.32 Å². The zero-order chi connectivity index (χ0) is 13.2. The normalized spacial score (nSPS) is 26.4. The molecule has 0 spiro atoms. The van der Waals surface area contributed by atoms with Crippen molar-refractivity contribution in [2.45, 2.75) is 52.7 Å². The summed E-state index contributed by atoms with van der Waals surface area (Å²) < 4.78 is 24.2. The molecule has 0 amide bonds. The standard InChI is InChI=1S/C12H26NO3P/c1-6-15-17(14,16-7-2)12(11(3,4)5)9-8-10-13-12/h13H,6-10H2,1-5H3. The molecule has 0 radical (unpaired) electrons. The minimum Gasteiger partial charge on any atom is -0.308 e. The molecule has 1 aliphatic heterocycles. The molecular formula is C12H26NO3P. The Balaban J connectivity index is 3.15. The molecule has 1 fully saturated rings. The van der Waals surface area contributed by atoms with Crippen LogP contribution in [-0.4, -0.2) is 25.0 Å². The maximum Gasteiger partial charge on any atom is 0.351 e. The van der Waals surface area contributed by atoms with Crippen molar-refractivity contribution in [3.05, 3.63) is 0 Å². The maximum absolute atomic E-state index is 13.1. The second kappa shape index (κ2) is 5.40. The molecule has 1 saturated heterocycles. The summed E-state index contributed by atoms with van der Waals surface area (Å²) in [5.74, 6) is 0. The second-order valence-corrected chi connectivity index (χ2v) is 7.75. The molecule has 0 bridgehead atoms. The van der Waals surface area contributed by atoms with Crippen LogP contribution in [0.1, 0.15) is 47.5 Å². The molecule has 0 aromatic heterocycles. The van der Waals surface area contributed by atoms with Gasteiger partial charge in [0.25, 0.3) is 0 Å². The van der Waals surface area contributed by atoms with Gasteiger partial charge in [0.05, 0.1) is 13.2 Å². The third-order valence-corrected chi connectivity index (χ3v) is 6.62. The van der Waals surface area contributed by atoms with Crippen LogP contribution in [0.2, 0.25) is 0 Å². The average Bonchev–Trinajstić information content (AvgIpc) is 2.67. The highest BCUT2D eigenvalue weighted by atomic mass is 31.2. The molecular weight excluding hydrogens is 237 g/mol. The smallest absolute Gasteiger partial charge is 0.308 e. The van der Waals surface area contributed by atoms with Crippen molar-refractivity contribution in [1.82, 2.24) is 5.32 Å². The van der Waals surface area contributed by atoms with E-state index in [1.807, 2.05) is 13.8 Å². The van der Waals surface area contributed by atoms with Crippen LogP contribution in [0.15, 0.2) is 0 Å². The van der Waals surface area contributed by atoms with E-state index in [0.29, 0.717) is 13.2 Å². The Labute approximate surface area is 105 Å². The molecule has 4 nitrogen and oxygen atoms in total. The van der Waals surface area contributed by atoms with Crippen LogP contribution in [0.3, 0.4) is 0 Å². The first-order chi connectivity index (χ1) is 7.83. The predicted octanol–water partition coefficient (Wildman–Crippen LogP) is 3.38. The van der Waals surface area contributed by atoms with Gasteiger partial charge in [-0.15, -0.1) is 0 Å². The first kappa shape index (κ1) is 15.2. The Bertz CT molecular complexity index is 283. The van der Waals surface area contributed by atoms with Crippen LogP contribution in [0, 0.1) is 5.41 Å². The number of nitrogens with one attached hydrogen (secondary N) is 1. The van der Waals surface area contributed by atoms with Gasteiger partial charge in [0, 0.05) is 0 Å². The van der Waals surface area contributed by atoms with Crippen molar-refractivity contribution in [2.75, 3.05) is 19.8 Å². The van der Waals surface area contributed by atoms with Gasteiger partial charge in [-0.05, 0) is 38.6 Å². The summed E-state index contributed by atoms with van der Waals surface area (Å²) in [6, 6.07) is 0. The average molecular weight is 263 g/mol. The lowest BCUT2D eigenvalue weighted by Crippen LogP contribution is -2.51. The van der Waals surface area contributed by atoms with E-state index in [4.69, 9.17) is 9.05 Å². The van der Waals surface area contributed by atoms with Crippen molar-refractivity contribution in [3.63, 3.8) is 0 Å². The lowest BCUT2D eigenvalue weighted by Gasteiger charge is -2.45. The molecule has 1 N–H and O–H groups in total. The van der Waals surface area contributed by atoms with Gasteiger partial charge in [-0.2, -0.15) is 0 Å². The number of hydrogen-bond donors (Lipinski definition) is 1. The molecule has 0 aromatic rings. The molecule has 1 aliphatic rings. The largest absolute Gasteiger partial charge is 0.351 e. The molecule has 1 rings (SSSR count). The molecule has 0 aromatic carbocycles. The molecule has 102 valence electrons. The summed E-state index contributed by atoms with van der Waals surface area (Å²) in [6.45, 7) is 11.7. The Hall–Kier alpha value is 0.110. The molecule has 1 heterocycles. The van der Waals surface area contributed by atoms with Crippen LogP contribution in [0.25, 0.3) is 0 Å². The van der Waals surface area contributed by atoms with Gasteiger partial charge < -0.3 is 14.4 Å². The zero-order valence-corrected chi connectivity index (χ0v) is 12.6. The SMILES string of the molecule is CCOP(=O)(OCC)C1(C(C)(C)C)CCCN1. The van der Waals surface area contributed by atoms with Crippen LogP contribution in [-0.2, 0) is 13.6 Å². The third kappa shape index (κ3) is 2.60.